The van der Waals surface area contributed by atoms with Gasteiger partial charge in [0, 0.05) is 10.8 Å². The fraction of sp³-hybridized carbons (Fsp3) is 0.353. The zero-order valence-electron chi connectivity index (χ0n) is 14.0. The summed E-state index contributed by atoms with van der Waals surface area (Å²) in [5.41, 5.74) is 1.54. The van der Waals surface area contributed by atoms with E-state index in [1.54, 1.807) is 6.92 Å². The first-order valence-corrected chi connectivity index (χ1v) is 10.5. The summed E-state index contributed by atoms with van der Waals surface area (Å²) < 4.78 is 34.0. The summed E-state index contributed by atoms with van der Waals surface area (Å²) >= 11 is 1.05. The fourth-order valence-electron chi connectivity index (χ4n) is 3.09. The van der Waals surface area contributed by atoms with E-state index in [0.29, 0.717) is 29.5 Å². The van der Waals surface area contributed by atoms with Gasteiger partial charge >= 0.3 is 0 Å². The van der Waals surface area contributed by atoms with Crippen molar-refractivity contribution in [3.8, 4) is 11.5 Å². The molecule has 1 aliphatic carbocycles. The molecule has 1 aromatic heterocycles. The Kier molecular flexibility index (Phi) is 4.17. The highest BCUT2D eigenvalue weighted by atomic mass is 32.2. The monoisotopic (exact) mass is 394 g/mol. The van der Waals surface area contributed by atoms with Crippen molar-refractivity contribution in [2.24, 2.45) is 11.1 Å². The summed E-state index contributed by atoms with van der Waals surface area (Å²) in [4.78, 5) is 13.2. The molecule has 0 spiro atoms. The van der Waals surface area contributed by atoms with Crippen molar-refractivity contribution in [1.82, 2.24) is 0 Å². The van der Waals surface area contributed by atoms with Crippen molar-refractivity contribution in [2.45, 2.75) is 23.5 Å². The van der Waals surface area contributed by atoms with E-state index in [1.807, 2.05) is 18.2 Å². The van der Waals surface area contributed by atoms with Crippen LogP contribution >= 0.6 is 11.3 Å². The predicted octanol–water partition coefficient (Wildman–Crippen LogP) is 2.22. The maximum absolute atomic E-state index is 12.5. The molecule has 2 heterocycles. The van der Waals surface area contributed by atoms with Gasteiger partial charge in [0.1, 0.15) is 17.4 Å². The molecule has 1 aromatic carbocycles. The van der Waals surface area contributed by atoms with Gasteiger partial charge in [0.25, 0.3) is 0 Å². The predicted molar refractivity (Wildman–Crippen MR) is 97.3 cm³/mol. The molecule has 1 fully saturated rings. The van der Waals surface area contributed by atoms with E-state index in [0.717, 1.165) is 29.1 Å². The highest BCUT2D eigenvalue weighted by molar-refractivity contribution is 7.91. The lowest BCUT2D eigenvalue weighted by Gasteiger charge is -2.18. The molecule has 0 saturated heterocycles. The molecular weight excluding hydrogens is 376 g/mol. The number of nitrogens with two attached hydrogens (primary N) is 1. The van der Waals surface area contributed by atoms with Gasteiger partial charge in [0.2, 0.25) is 15.9 Å². The number of nitrogens with one attached hydrogen (secondary N) is 1. The van der Waals surface area contributed by atoms with Crippen LogP contribution in [0.15, 0.2) is 28.5 Å². The normalized spacial score (nSPS) is 21.3. The highest BCUT2D eigenvalue weighted by Crippen LogP contribution is 2.50. The van der Waals surface area contributed by atoms with Crippen LogP contribution in [0.25, 0.3) is 0 Å². The Morgan fingerprint density at radius 3 is 2.65 bits per heavy atom. The number of benzene rings is 1. The summed E-state index contributed by atoms with van der Waals surface area (Å²) in [6, 6.07) is 7.18. The lowest BCUT2D eigenvalue weighted by Crippen LogP contribution is -2.16. The lowest BCUT2D eigenvalue weighted by molar-refractivity contribution is -0.117. The quantitative estimate of drug-likeness (QED) is 0.827. The zero-order chi connectivity index (χ0) is 18.5. The number of carbonyl (C=O) groups is 1. The minimum Gasteiger partial charge on any atom is -0.486 e. The van der Waals surface area contributed by atoms with Crippen molar-refractivity contribution in [1.29, 1.82) is 0 Å². The molecule has 1 saturated carbocycles. The molecule has 26 heavy (non-hydrogen) atoms. The number of hydrogen-bond acceptors (Lipinski definition) is 6. The van der Waals surface area contributed by atoms with Gasteiger partial charge in [-0.05, 0) is 43.0 Å². The van der Waals surface area contributed by atoms with Crippen LogP contribution in [0.5, 0.6) is 11.5 Å². The standard InChI is InChI=1S/C17H18N2O5S2/c1-9-13(8-16(25-9)26(18,21)22)19-17(20)12-7-11(12)10-2-3-14-15(6-10)24-5-4-23-14/h2-3,6,8,11-12H,4-5,7H2,1H3,(H,19,20)(H2,18,21,22)/t11-,12-/m0/s1. The molecule has 9 heteroatoms. The average molecular weight is 394 g/mol. The summed E-state index contributed by atoms with van der Waals surface area (Å²) in [5.74, 6) is 1.31. The molecule has 0 bridgehead atoms. The van der Waals surface area contributed by atoms with Crippen molar-refractivity contribution < 1.29 is 22.7 Å². The Hall–Kier alpha value is -2.10. The van der Waals surface area contributed by atoms with Crippen LogP contribution in [0.3, 0.4) is 0 Å². The second kappa shape index (κ2) is 6.26. The molecule has 1 amide bonds. The minimum absolute atomic E-state index is 0.0458. The average Bonchev–Trinajstić information content (AvgIpc) is 3.32. The molecule has 2 atom stereocenters. The summed E-state index contributed by atoms with van der Waals surface area (Å²) in [6.07, 6.45) is 0.747. The Balaban J connectivity index is 1.46. The number of thiophene rings is 1. The number of amides is 1. The second-order valence-corrected chi connectivity index (χ2v) is 9.47. The van der Waals surface area contributed by atoms with Gasteiger partial charge in [-0.15, -0.1) is 11.3 Å². The largest absolute Gasteiger partial charge is 0.486 e. The van der Waals surface area contributed by atoms with Crippen molar-refractivity contribution >= 4 is 33.0 Å². The SMILES string of the molecule is Cc1sc(S(N)(=O)=O)cc1NC(=O)[C@H]1C[C@H]1c1ccc2c(c1)OCCO2. The van der Waals surface area contributed by atoms with E-state index in [4.69, 9.17) is 14.6 Å². The Labute approximate surface area is 155 Å². The third kappa shape index (κ3) is 3.29. The molecule has 3 N–H and O–H groups in total. The van der Waals surface area contributed by atoms with Crippen molar-refractivity contribution in [2.75, 3.05) is 18.5 Å². The summed E-state index contributed by atoms with van der Waals surface area (Å²) in [5, 5.41) is 7.97. The van der Waals surface area contributed by atoms with Gasteiger partial charge < -0.3 is 14.8 Å². The van der Waals surface area contributed by atoms with Gasteiger partial charge in [0.05, 0.1) is 5.69 Å². The first kappa shape index (κ1) is 17.3. The van der Waals surface area contributed by atoms with Crippen LogP contribution in [0, 0.1) is 12.8 Å². The third-order valence-electron chi connectivity index (χ3n) is 4.56. The molecule has 0 radical (unpaired) electrons. The zero-order valence-corrected chi connectivity index (χ0v) is 15.7. The molecule has 7 nitrogen and oxygen atoms in total. The highest BCUT2D eigenvalue weighted by Gasteiger charge is 2.44. The van der Waals surface area contributed by atoms with Gasteiger partial charge in [-0.25, -0.2) is 13.6 Å². The first-order valence-electron chi connectivity index (χ1n) is 8.16. The van der Waals surface area contributed by atoms with Gasteiger partial charge in [0.15, 0.2) is 11.5 Å². The molecule has 0 unspecified atom stereocenters. The maximum atomic E-state index is 12.5. The van der Waals surface area contributed by atoms with E-state index < -0.39 is 10.0 Å². The molecule has 4 rings (SSSR count). The molecule has 2 aromatic rings. The number of aryl methyl sites for hydroxylation is 1. The van der Waals surface area contributed by atoms with Gasteiger partial charge in [-0.2, -0.15) is 0 Å². The lowest BCUT2D eigenvalue weighted by atomic mass is 10.1. The van der Waals surface area contributed by atoms with Crippen LogP contribution < -0.4 is 19.9 Å². The molecule has 138 valence electrons. The van der Waals surface area contributed by atoms with Crippen LogP contribution in [0.1, 0.15) is 22.8 Å². The van der Waals surface area contributed by atoms with Crippen LogP contribution in [-0.4, -0.2) is 27.5 Å². The van der Waals surface area contributed by atoms with Gasteiger partial charge in [-0.3, -0.25) is 4.79 Å². The molecular formula is C17H18N2O5S2. The Morgan fingerprint density at radius 1 is 1.23 bits per heavy atom. The fourth-order valence-corrected chi connectivity index (χ4v) is 4.91. The minimum atomic E-state index is -3.77. The third-order valence-corrected chi connectivity index (χ3v) is 7.03. The van der Waals surface area contributed by atoms with E-state index in [2.05, 4.69) is 5.32 Å². The number of fused-ring (bicyclic) bond motifs is 1. The van der Waals surface area contributed by atoms with E-state index in [-0.39, 0.29) is 22.0 Å². The maximum Gasteiger partial charge on any atom is 0.247 e. The molecule has 2 aliphatic rings. The smallest absolute Gasteiger partial charge is 0.247 e. The number of anilines is 1. The van der Waals surface area contributed by atoms with Gasteiger partial charge in [-0.1, -0.05) is 6.07 Å². The number of rotatable bonds is 4. The number of ether oxygens (including phenoxy) is 2. The number of hydrogen-bond donors (Lipinski definition) is 2. The Bertz CT molecular complexity index is 983. The number of sulfonamides is 1. The van der Waals surface area contributed by atoms with Crippen LogP contribution in [-0.2, 0) is 14.8 Å². The van der Waals surface area contributed by atoms with Crippen LogP contribution in [0.2, 0.25) is 0 Å². The Morgan fingerprint density at radius 2 is 1.96 bits per heavy atom. The van der Waals surface area contributed by atoms with Crippen molar-refractivity contribution in [3.63, 3.8) is 0 Å². The van der Waals surface area contributed by atoms with E-state index >= 15 is 0 Å². The summed E-state index contributed by atoms with van der Waals surface area (Å²) in [7, 11) is -3.77. The summed E-state index contributed by atoms with van der Waals surface area (Å²) in [6.45, 7) is 2.82. The molecule has 1 aliphatic heterocycles. The number of carbonyl (C=O) groups excluding carboxylic acids is 1. The van der Waals surface area contributed by atoms with Crippen molar-refractivity contribution in [3.05, 3.63) is 34.7 Å². The first-order chi connectivity index (χ1) is 12.3. The van der Waals surface area contributed by atoms with E-state index in [1.165, 1.54) is 6.07 Å². The topological polar surface area (TPSA) is 108 Å². The van der Waals surface area contributed by atoms with Crippen LogP contribution in [0.4, 0.5) is 5.69 Å². The number of primary sulfonamides is 1. The second-order valence-electron chi connectivity index (χ2n) is 6.42. The van der Waals surface area contributed by atoms with E-state index in [9.17, 15) is 13.2 Å².